The number of carbonyl (C=O) groups excluding carboxylic acids is 1. The molecule has 0 saturated carbocycles. The number of ether oxygens (including phenoxy) is 1. The van der Waals surface area contributed by atoms with Gasteiger partial charge < -0.3 is 9.15 Å². The first-order valence-corrected chi connectivity index (χ1v) is 9.35. The van der Waals surface area contributed by atoms with Crippen LogP contribution in [0, 0.1) is 0 Å². The van der Waals surface area contributed by atoms with Crippen LogP contribution in [0.15, 0.2) is 89.6 Å². The van der Waals surface area contributed by atoms with Crippen molar-refractivity contribution in [2.45, 2.75) is 6.61 Å². The summed E-state index contributed by atoms with van der Waals surface area (Å²) in [5.41, 5.74) is 4.06. The van der Waals surface area contributed by atoms with Crippen LogP contribution in [0.4, 0.5) is 0 Å². The van der Waals surface area contributed by atoms with Crippen LogP contribution in [-0.4, -0.2) is 25.7 Å². The predicted octanol–water partition coefficient (Wildman–Crippen LogP) is 4.43. The fraction of sp³-hybridized carbons (Fsp3) is 0.0435. The third kappa shape index (κ3) is 3.44. The Kier molecular flexibility index (Phi) is 4.53. The molecule has 0 fully saturated rings. The third-order valence-electron chi connectivity index (χ3n) is 4.65. The first-order chi connectivity index (χ1) is 14.8. The zero-order valence-electron chi connectivity index (χ0n) is 15.8. The smallest absolute Gasteiger partial charge is 0.338 e. The van der Waals surface area contributed by atoms with E-state index in [9.17, 15) is 4.79 Å². The van der Waals surface area contributed by atoms with E-state index in [1.165, 1.54) is 0 Å². The minimum atomic E-state index is -0.462. The summed E-state index contributed by atoms with van der Waals surface area (Å²) in [5, 5.41) is 7.92. The lowest BCUT2D eigenvalue weighted by Gasteiger charge is -2.06. The molecular weight excluding hydrogens is 380 g/mol. The molecule has 0 atom stereocenters. The van der Waals surface area contributed by atoms with Crippen molar-refractivity contribution in [2.75, 3.05) is 0 Å². The normalized spacial score (nSPS) is 10.9. The van der Waals surface area contributed by atoms with Gasteiger partial charge in [-0.2, -0.15) is 0 Å². The van der Waals surface area contributed by atoms with E-state index in [2.05, 4.69) is 15.2 Å². The van der Waals surface area contributed by atoms with E-state index >= 15 is 0 Å². The second-order valence-corrected chi connectivity index (χ2v) is 6.59. The van der Waals surface area contributed by atoms with E-state index in [1.54, 1.807) is 18.5 Å². The van der Waals surface area contributed by atoms with Gasteiger partial charge in [0.15, 0.2) is 6.61 Å². The summed E-state index contributed by atoms with van der Waals surface area (Å²) in [7, 11) is 0. The third-order valence-corrected chi connectivity index (χ3v) is 4.65. The van der Waals surface area contributed by atoms with Crippen molar-refractivity contribution in [3.8, 4) is 17.1 Å². The molecule has 7 heteroatoms. The standard InChI is InChI=1S/C23H16N4O3/c28-23(29-14-21-25-26-22(30-21)16-6-2-1-3-7-16)17-10-12-18(13-11-17)27-15-24-19-8-4-5-9-20(19)27/h1-13,15H,14H2. The van der Waals surface area contributed by atoms with E-state index in [0.29, 0.717) is 11.5 Å². The Morgan fingerprint density at radius 3 is 2.50 bits per heavy atom. The van der Waals surface area contributed by atoms with Crippen LogP contribution in [0.5, 0.6) is 0 Å². The molecule has 0 spiro atoms. The lowest BCUT2D eigenvalue weighted by atomic mass is 10.2. The zero-order valence-corrected chi connectivity index (χ0v) is 15.8. The van der Waals surface area contributed by atoms with Gasteiger partial charge in [-0.25, -0.2) is 9.78 Å². The Balaban J connectivity index is 1.26. The number of hydrogen-bond donors (Lipinski definition) is 0. The van der Waals surface area contributed by atoms with Gasteiger partial charge in [-0.3, -0.25) is 4.57 Å². The Bertz CT molecular complexity index is 1310. The molecule has 0 radical (unpaired) electrons. The largest absolute Gasteiger partial charge is 0.452 e. The SMILES string of the molecule is O=C(OCc1nnc(-c2ccccc2)o1)c1ccc(-n2cnc3ccccc32)cc1. The molecular formula is C23H16N4O3. The number of aromatic nitrogens is 4. The molecule has 146 valence electrons. The number of rotatable bonds is 5. The van der Waals surface area contributed by atoms with Crippen LogP contribution >= 0.6 is 0 Å². The molecule has 0 saturated heterocycles. The zero-order chi connectivity index (χ0) is 20.3. The summed E-state index contributed by atoms with van der Waals surface area (Å²) in [6.45, 7) is -0.0907. The van der Waals surface area contributed by atoms with Crippen molar-refractivity contribution >= 4 is 17.0 Å². The van der Waals surface area contributed by atoms with E-state index < -0.39 is 5.97 Å². The average Bonchev–Trinajstić information content (AvgIpc) is 3.46. The predicted molar refractivity (Wildman–Crippen MR) is 110 cm³/mol. The fourth-order valence-corrected chi connectivity index (χ4v) is 3.14. The molecule has 0 aliphatic heterocycles. The van der Waals surface area contributed by atoms with Crippen molar-refractivity contribution in [1.82, 2.24) is 19.7 Å². The van der Waals surface area contributed by atoms with Crippen molar-refractivity contribution in [1.29, 1.82) is 0 Å². The summed E-state index contributed by atoms with van der Waals surface area (Å²) in [5.74, 6) is 0.166. The molecule has 0 amide bonds. The van der Waals surface area contributed by atoms with E-state index in [0.717, 1.165) is 22.3 Å². The van der Waals surface area contributed by atoms with Crippen molar-refractivity contribution in [3.05, 3.63) is 96.6 Å². The first-order valence-electron chi connectivity index (χ1n) is 9.35. The van der Waals surface area contributed by atoms with Crippen LogP contribution in [0.1, 0.15) is 16.2 Å². The van der Waals surface area contributed by atoms with Crippen molar-refractivity contribution < 1.29 is 13.9 Å². The van der Waals surface area contributed by atoms with Crippen LogP contribution in [0.25, 0.3) is 28.2 Å². The lowest BCUT2D eigenvalue weighted by molar-refractivity contribution is 0.0438. The molecule has 0 N–H and O–H groups in total. The number of carbonyl (C=O) groups is 1. The summed E-state index contributed by atoms with van der Waals surface area (Å²) in [6, 6.07) is 24.4. The van der Waals surface area contributed by atoms with Crippen LogP contribution in [0.2, 0.25) is 0 Å². The summed E-state index contributed by atoms with van der Waals surface area (Å²) in [6.07, 6.45) is 1.76. The highest BCUT2D eigenvalue weighted by atomic mass is 16.5. The highest BCUT2D eigenvalue weighted by molar-refractivity contribution is 5.89. The number of para-hydroxylation sites is 2. The number of benzene rings is 3. The van der Waals surface area contributed by atoms with Gasteiger partial charge >= 0.3 is 5.97 Å². The highest BCUT2D eigenvalue weighted by Gasteiger charge is 2.13. The first kappa shape index (κ1) is 17.8. The average molecular weight is 396 g/mol. The Labute approximate surface area is 171 Å². The summed E-state index contributed by atoms with van der Waals surface area (Å²) in [4.78, 5) is 16.8. The number of nitrogens with zero attached hydrogens (tertiary/aromatic N) is 4. The van der Waals surface area contributed by atoms with Crippen molar-refractivity contribution in [3.63, 3.8) is 0 Å². The molecule has 30 heavy (non-hydrogen) atoms. The number of fused-ring (bicyclic) bond motifs is 1. The number of imidazole rings is 1. The second kappa shape index (κ2) is 7.63. The molecule has 5 aromatic rings. The van der Waals surface area contributed by atoms with Crippen LogP contribution < -0.4 is 0 Å². The molecule has 0 unspecified atom stereocenters. The van der Waals surface area contributed by atoms with Gasteiger partial charge in [0.25, 0.3) is 5.89 Å². The molecule has 0 bridgehead atoms. The number of esters is 1. The van der Waals surface area contributed by atoms with Gasteiger partial charge in [-0.05, 0) is 48.5 Å². The summed E-state index contributed by atoms with van der Waals surface area (Å²) < 4.78 is 12.8. The van der Waals surface area contributed by atoms with E-state index in [1.807, 2.05) is 71.3 Å². The molecule has 7 nitrogen and oxygen atoms in total. The lowest BCUT2D eigenvalue weighted by Crippen LogP contribution is -2.05. The van der Waals surface area contributed by atoms with Gasteiger partial charge in [0, 0.05) is 11.3 Å². The monoisotopic (exact) mass is 396 g/mol. The minimum absolute atomic E-state index is 0.0907. The van der Waals surface area contributed by atoms with Gasteiger partial charge in [0.05, 0.1) is 16.6 Å². The topological polar surface area (TPSA) is 83.0 Å². The van der Waals surface area contributed by atoms with Crippen LogP contribution in [-0.2, 0) is 11.3 Å². The van der Waals surface area contributed by atoms with Gasteiger partial charge in [-0.15, -0.1) is 10.2 Å². The molecule has 2 heterocycles. The molecule has 3 aromatic carbocycles. The molecule has 0 aliphatic carbocycles. The molecule has 0 aliphatic rings. The number of hydrogen-bond acceptors (Lipinski definition) is 6. The molecule has 5 rings (SSSR count). The minimum Gasteiger partial charge on any atom is -0.452 e. The quantitative estimate of drug-likeness (QED) is 0.409. The highest BCUT2D eigenvalue weighted by Crippen LogP contribution is 2.20. The summed E-state index contributed by atoms with van der Waals surface area (Å²) >= 11 is 0. The van der Waals surface area contributed by atoms with Gasteiger partial charge in [0.1, 0.15) is 6.33 Å². The Morgan fingerprint density at radius 1 is 0.900 bits per heavy atom. The second-order valence-electron chi connectivity index (χ2n) is 6.59. The van der Waals surface area contributed by atoms with E-state index in [-0.39, 0.29) is 12.5 Å². The van der Waals surface area contributed by atoms with Gasteiger partial charge in [-0.1, -0.05) is 30.3 Å². The van der Waals surface area contributed by atoms with Gasteiger partial charge in [0.2, 0.25) is 5.89 Å². The van der Waals surface area contributed by atoms with E-state index in [4.69, 9.17) is 9.15 Å². The fourth-order valence-electron chi connectivity index (χ4n) is 3.14. The van der Waals surface area contributed by atoms with Crippen LogP contribution in [0.3, 0.4) is 0 Å². The molecule has 2 aromatic heterocycles. The van der Waals surface area contributed by atoms with Crippen molar-refractivity contribution in [2.24, 2.45) is 0 Å². The Hall–Kier alpha value is -4.26. The maximum absolute atomic E-state index is 12.4. The maximum atomic E-state index is 12.4. The Morgan fingerprint density at radius 2 is 1.67 bits per heavy atom. The maximum Gasteiger partial charge on any atom is 0.338 e.